The summed E-state index contributed by atoms with van der Waals surface area (Å²) < 4.78 is 5.11. The summed E-state index contributed by atoms with van der Waals surface area (Å²) in [7, 11) is 0. The summed E-state index contributed by atoms with van der Waals surface area (Å²) in [4.78, 5) is 54.5. The van der Waals surface area contributed by atoms with E-state index >= 15 is 0 Å². The Bertz CT molecular complexity index is 849. The van der Waals surface area contributed by atoms with Gasteiger partial charge in [-0.25, -0.2) is 0 Å². The van der Waals surface area contributed by atoms with E-state index in [1.165, 1.54) is 6.26 Å². The Balaban J connectivity index is 1.33. The second-order valence-corrected chi connectivity index (χ2v) is 8.40. The molecule has 4 unspecified atom stereocenters. The number of nitrogens with zero attached hydrogens (tertiary/aromatic N) is 2. The van der Waals surface area contributed by atoms with Crippen molar-refractivity contribution in [2.24, 2.45) is 5.92 Å². The average Bonchev–Trinajstić information content (AvgIpc) is 3.38. The number of likely N-dealkylation sites (tertiary alicyclic amines) is 1. The maximum absolute atomic E-state index is 13.4. The van der Waals surface area contributed by atoms with Gasteiger partial charge >= 0.3 is 0 Å². The van der Waals surface area contributed by atoms with Crippen LogP contribution in [0.4, 0.5) is 0 Å². The second kappa shape index (κ2) is 6.89. The number of rotatable bonds is 3. The molecule has 1 aromatic heterocycles. The van der Waals surface area contributed by atoms with Crippen molar-refractivity contribution in [2.45, 2.75) is 56.3 Å². The largest absolute Gasteiger partial charge is 0.459 e. The topological polar surface area (TPSA) is 112 Å². The van der Waals surface area contributed by atoms with E-state index in [0.717, 1.165) is 19.3 Å². The van der Waals surface area contributed by atoms with E-state index in [1.54, 1.807) is 21.9 Å². The highest BCUT2D eigenvalue weighted by Crippen LogP contribution is 2.34. The van der Waals surface area contributed by atoms with Gasteiger partial charge in [-0.2, -0.15) is 0 Å². The van der Waals surface area contributed by atoms with Crippen molar-refractivity contribution in [3.05, 3.63) is 24.2 Å². The summed E-state index contributed by atoms with van der Waals surface area (Å²) in [6, 6.07) is 1.24. The van der Waals surface area contributed by atoms with Crippen LogP contribution in [-0.2, 0) is 14.4 Å². The molecular formula is C20H24N4O5. The normalized spacial score (nSPS) is 31.6. The molecule has 4 amide bonds. The lowest BCUT2D eigenvalue weighted by atomic mass is 9.84. The number of amides is 4. The summed E-state index contributed by atoms with van der Waals surface area (Å²) in [5.41, 5.74) is 0. The fraction of sp³-hybridized carbons (Fsp3) is 0.600. The third-order valence-corrected chi connectivity index (χ3v) is 6.68. The molecule has 0 aromatic carbocycles. The van der Waals surface area contributed by atoms with Gasteiger partial charge in [0.2, 0.25) is 17.7 Å². The Kier molecular flexibility index (Phi) is 4.33. The summed E-state index contributed by atoms with van der Waals surface area (Å²) in [6.45, 7) is 0.742. The van der Waals surface area contributed by atoms with Crippen LogP contribution in [0.1, 0.15) is 42.7 Å². The smallest absolute Gasteiger partial charge is 0.287 e. The Morgan fingerprint density at radius 3 is 2.72 bits per heavy atom. The molecule has 4 atom stereocenters. The highest BCUT2D eigenvalue weighted by Gasteiger charge is 2.53. The molecule has 4 heterocycles. The number of fused-ring (bicyclic) bond motifs is 2. The van der Waals surface area contributed by atoms with Crippen LogP contribution in [0.15, 0.2) is 22.8 Å². The number of hydrogen-bond acceptors (Lipinski definition) is 5. The first-order valence-electron chi connectivity index (χ1n) is 10.3. The van der Waals surface area contributed by atoms with Gasteiger partial charge in [-0.3, -0.25) is 19.2 Å². The van der Waals surface area contributed by atoms with Crippen molar-refractivity contribution < 1.29 is 23.6 Å². The van der Waals surface area contributed by atoms with Gasteiger partial charge in [0.25, 0.3) is 5.91 Å². The van der Waals surface area contributed by atoms with Crippen molar-refractivity contribution in [3.63, 3.8) is 0 Å². The molecule has 2 N–H and O–H groups in total. The summed E-state index contributed by atoms with van der Waals surface area (Å²) in [6.07, 6.45) is 5.16. The molecule has 0 radical (unpaired) electrons. The second-order valence-electron chi connectivity index (χ2n) is 8.40. The van der Waals surface area contributed by atoms with E-state index in [1.807, 2.05) is 0 Å². The Hall–Kier alpha value is -2.84. The van der Waals surface area contributed by atoms with Gasteiger partial charge in [-0.1, -0.05) is 6.42 Å². The van der Waals surface area contributed by atoms with E-state index < -0.39 is 12.1 Å². The van der Waals surface area contributed by atoms with Crippen LogP contribution >= 0.6 is 0 Å². The molecule has 4 fully saturated rings. The lowest BCUT2D eigenvalue weighted by Gasteiger charge is -2.34. The van der Waals surface area contributed by atoms with Gasteiger partial charge in [0.05, 0.1) is 12.3 Å². The van der Waals surface area contributed by atoms with E-state index in [9.17, 15) is 19.2 Å². The van der Waals surface area contributed by atoms with Gasteiger partial charge in [-0.05, 0) is 37.8 Å². The minimum absolute atomic E-state index is 0.00946. The first-order valence-corrected chi connectivity index (χ1v) is 10.3. The molecule has 29 heavy (non-hydrogen) atoms. The maximum Gasteiger partial charge on any atom is 0.287 e. The third-order valence-electron chi connectivity index (χ3n) is 6.68. The van der Waals surface area contributed by atoms with Gasteiger partial charge in [0.1, 0.15) is 12.1 Å². The van der Waals surface area contributed by atoms with Gasteiger partial charge in [0.15, 0.2) is 5.76 Å². The van der Waals surface area contributed by atoms with Gasteiger partial charge in [-0.15, -0.1) is 0 Å². The Morgan fingerprint density at radius 2 is 2.03 bits per heavy atom. The molecule has 9 nitrogen and oxygen atoms in total. The minimum Gasteiger partial charge on any atom is -0.459 e. The number of carbonyl (C=O) groups is 4. The van der Waals surface area contributed by atoms with Crippen LogP contribution in [0, 0.1) is 5.92 Å². The van der Waals surface area contributed by atoms with Crippen LogP contribution in [0.3, 0.4) is 0 Å². The lowest BCUT2D eigenvalue weighted by Crippen LogP contribution is -2.54. The zero-order valence-electron chi connectivity index (χ0n) is 16.0. The molecule has 3 saturated heterocycles. The van der Waals surface area contributed by atoms with E-state index in [2.05, 4.69) is 10.6 Å². The van der Waals surface area contributed by atoms with Crippen molar-refractivity contribution in [1.82, 2.24) is 20.4 Å². The van der Waals surface area contributed by atoms with E-state index in [-0.39, 0.29) is 53.9 Å². The van der Waals surface area contributed by atoms with Crippen molar-refractivity contribution >= 4 is 23.6 Å². The molecule has 5 rings (SSSR count). The van der Waals surface area contributed by atoms with Crippen LogP contribution in [0.25, 0.3) is 0 Å². The highest BCUT2D eigenvalue weighted by molar-refractivity contribution is 5.97. The fourth-order valence-corrected chi connectivity index (χ4v) is 4.93. The number of nitrogens with one attached hydrogen (secondary N) is 2. The summed E-state index contributed by atoms with van der Waals surface area (Å²) >= 11 is 0. The van der Waals surface area contributed by atoms with Gasteiger partial charge in [0, 0.05) is 25.0 Å². The van der Waals surface area contributed by atoms with Gasteiger partial charge < -0.3 is 24.9 Å². The zero-order chi connectivity index (χ0) is 20.1. The molecule has 154 valence electrons. The minimum atomic E-state index is -0.642. The van der Waals surface area contributed by atoms with Crippen LogP contribution < -0.4 is 10.6 Å². The average molecular weight is 400 g/mol. The molecule has 0 bridgehead atoms. The van der Waals surface area contributed by atoms with Crippen LogP contribution in [-0.4, -0.2) is 70.7 Å². The third kappa shape index (κ3) is 2.99. The molecule has 0 spiro atoms. The number of hydrogen-bond donors (Lipinski definition) is 2. The predicted molar refractivity (Wildman–Crippen MR) is 99.5 cm³/mol. The van der Waals surface area contributed by atoms with E-state index in [4.69, 9.17) is 4.42 Å². The number of carbonyl (C=O) groups excluding carboxylic acids is 4. The van der Waals surface area contributed by atoms with Crippen LogP contribution in [0.5, 0.6) is 0 Å². The molecular weight excluding hydrogens is 376 g/mol. The van der Waals surface area contributed by atoms with Crippen molar-refractivity contribution in [2.75, 3.05) is 13.1 Å². The first-order chi connectivity index (χ1) is 14.0. The van der Waals surface area contributed by atoms with Crippen molar-refractivity contribution in [3.8, 4) is 0 Å². The SMILES string of the molecule is O=C(NC1CC2C(=O)NC3CCN(C(=O)C4CCC4)C3C(=O)N2C1)c1ccco1. The van der Waals surface area contributed by atoms with Crippen molar-refractivity contribution in [1.29, 1.82) is 0 Å². The molecule has 9 heteroatoms. The molecule has 3 aliphatic heterocycles. The monoisotopic (exact) mass is 400 g/mol. The molecule has 1 saturated carbocycles. The maximum atomic E-state index is 13.4. The zero-order valence-corrected chi connectivity index (χ0v) is 16.0. The lowest BCUT2D eigenvalue weighted by molar-refractivity contribution is -0.148. The number of furan rings is 1. The summed E-state index contributed by atoms with van der Waals surface area (Å²) in [5.74, 6) is -0.541. The fourth-order valence-electron chi connectivity index (χ4n) is 4.93. The summed E-state index contributed by atoms with van der Waals surface area (Å²) in [5, 5.41) is 5.82. The highest BCUT2D eigenvalue weighted by atomic mass is 16.3. The quantitative estimate of drug-likeness (QED) is 0.735. The Morgan fingerprint density at radius 1 is 1.21 bits per heavy atom. The van der Waals surface area contributed by atoms with E-state index in [0.29, 0.717) is 19.4 Å². The van der Waals surface area contributed by atoms with Crippen LogP contribution in [0.2, 0.25) is 0 Å². The standard InChI is InChI=1S/C20H24N4O5/c25-17-14-9-12(21-18(26)15-5-2-8-29-15)10-24(14)20(28)16-13(22-17)6-7-23(16)19(27)11-3-1-4-11/h2,5,8,11-14,16H,1,3-4,6-7,9-10H2,(H,21,26)(H,22,25). The predicted octanol–water partition coefficient (Wildman–Crippen LogP) is -0.122. The first kappa shape index (κ1) is 18.2. The molecule has 4 aliphatic rings. The Labute approximate surface area is 167 Å². The molecule has 1 aliphatic carbocycles. The molecule has 1 aromatic rings.